The van der Waals surface area contributed by atoms with E-state index in [0.717, 1.165) is 31.2 Å². The molecule has 0 aliphatic carbocycles. The molecule has 21 heavy (non-hydrogen) atoms. The lowest BCUT2D eigenvalue weighted by Gasteiger charge is -2.26. The summed E-state index contributed by atoms with van der Waals surface area (Å²) >= 11 is 0. The van der Waals surface area contributed by atoms with Crippen molar-refractivity contribution in [3.8, 4) is 5.75 Å². The maximum atomic E-state index is 6.02. The van der Waals surface area contributed by atoms with Crippen LogP contribution in [0.1, 0.15) is 52.1 Å². The van der Waals surface area contributed by atoms with Crippen LogP contribution in [0.2, 0.25) is 0 Å². The molecule has 1 N–H and O–H groups in total. The Morgan fingerprint density at radius 3 is 2.29 bits per heavy atom. The first-order valence-corrected chi connectivity index (χ1v) is 8.07. The van der Waals surface area contributed by atoms with E-state index in [9.17, 15) is 0 Å². The largest absolute Gasteiger partial charge is 0.497 e. The van der Waals surface area contributed by atoms with E-state index >= 15 is 0 Å². The number of rotatable bonds is 10. The van der Waals surface area contributed by atoms with E-state index in [1.165, 1.54) is 12.0 Å². The molecule has 0 aliphatic rings. The molecule has 1 rings (SSSR count). The van der Waals surface area contributed by atoms with Crippen LogP contribution in [-0.2, 0) is 4.74 Å². The average Bonchev–Trinajstić information content (AvgIpc) is 2.49. The zero-order valence-electron chi connectivity index (χ0n) is 14.2. The van der Waals surface area contributed by atoms with Gasteiger partial charge in [-0.2, -0.15) is 0 Å². The van der Waals surface area contributed by atoms with Crippen LogP contribution in [0.15, 0.2) is 24.3 Å². The Balaban J connectivity index is 2.57. The molecule has 1 aromatic rings. The van der Waals surface area contributed by atoms with Crippen molar-refractivity contribution in [3.63, 3.8) is 0 Å². The summed E-state index contributed by atoms with van der Waals surface area (Å²) in [5, 5.41) is 3.52. The minimum Gasteiger partial charge on any atom is -0.497 e. The molecule has 3 nitrogen and oxygen atoms in total. The Morgan fingerprint density at radius 2 is 1.76 bits per heavy atom. The van der Waals surface area contributed by atoms with Crippen molar-refractivity contribution in [1.82, 2.24) is 5.32 Å². The molecule has 0 fully saturated rings. The lowest BCUT2D eigenvalue weighted by molar-refractivity contribution is 0.0355. The number of nitrogens with one attached hydrogen (secondary N) is 1. The van der Waals surface area contributed by atoms with Crippen molar-refractivity contribution in [1.29, 1.82) is 0 Å². The van der Waals surface area contributed by atoms with Crippen LogP contribution in [0, 0.1) is 5.92 Å². The number of likely N-dealkylation sites (N-methyl/N-ethyl adjacent to an activating group) is 1. The quantitative estimate of drug-likeness (QED) is 0.656. The molecule has 120 valence electrons. The van der Waals surface area contributed by atoms with Crippen LogP contribution in [-0.4, -0.2) is 26.4 Å². The van der Waals surface area contributed by atoms with Crippen LogP contribution in [0.25, 0.3) is 0 Å². The Kier molecular flexibility index (Phi) is 8.40. The molecule has 0 saturated heterocycles. The normalized spacial score (nSPS) is 14.2. The van der Waals surface area contributed by atoms with Crippen molar-refractivity contribution in [2.75, 3.05) is 20.3 Å². The molecule has 0 amide bonds. The standard InChI is InChI=1S/C18H31NO2/c1-6-19-18(15(4)21-13-7-8-14(2)3)16-9-11-17(20-5)12-10-16/h9-12,14-15,18-19H,6-8,13H2,1-5H3. The number of benzene rings is 1. The predicted octanol–water partition coefficient (Wildman–Crippen LogP) is 4.19. The van der Waals surface area contributed by atoms with E-state index in [-0.39, 0.29) is 12.1 Å². The molecule has 0 radical (unpaired) electrons. The Morgan fingerprint density at radius 1 is 1.10 bits per heavy atom. The van der Waals surface area contributed by atoms with Gasteiger partial charge in [0, 0.05) is 6.61 Å². The Hall–Kier alpha value is -1.06. The molecule has 3 heteroatoms. The molecule has 0 spiro atoms. The second kappa shape index (κ2) is 9.80. The molecule has 0 aromatic heterocycles. The molecular formula is C18H31NO2. The number of hydrogen-bond acceptors (Lipinski definition) is 3. The van der Waals surface area contributed by atoms with E-state index < -0.39 is 0 Å². The number of methoxy groups -OCH3 is 1. The van der Waals surface area contributed by atoms with Crippen molar-refractivity contribution in [2.24, 2.45) is 5.92 Å². The van der Waals surface area contributed by atoms with Gasteiger partial charge in [0.25, 0.3) is 0 Å². The number of ether oxygens (including phenoxy) is 2. The summed E-state index contributed by atoms with van der Waals surface area (Å²) < 4.78 is 11.2. The summed E-state index contributed by atoms with van der Waals surface area (Å²) in [6.07, 6.45) is 2.51. The number of hydrogen-bond donors (Lipinski definition) is 1. The van der Waals surface area contributed by atoms with E-state index in [0.29, 0.717) is 0 Å². The second-order valence-electron chi connectivity index (χ2n) is 5.92. The highest BCUT2D eigenvalue weighted by Gasteiger charge is 2.18. The van der Waals surface area contributed by atoms with E-state index in [2.05, 4.69) is 45.1 Å². The van der Waals surface area contributed by atoms with Crippen LogP contribution in [0.5, 0.6) is 5.75 Å². The minimum absolute atomic E-state index is 0.158. The third-order valence-corrected chi connectivity index (χ3v) is 3.67. The average molecular weight is 293 g/mol. The van der Waals surface area contributed by atoms with Crippen molar-refractivity contribution >= 4 is 0 Å². The van der Waals surface area contributed by atoms with Gasteiger partial charge in [-0.05, 0) is 49.9 Å². The first kappa shape index (κ1) is 18.0. The first-order chi connectivity index (χ1) is 10.1. The summed E-state index contributed by atoms with van der Waals surface area (Å²) in [5.41, 5.74) is 1.24. The summed E-state index contributed by atoms with van der Waals surface area (Å²) in [6, 6.07) is 8.45. The lowest BCUT2D eigenvalue weighted by atomic mass is 10.0. The molecule has 0 heterocycles. The van der Waals surface area contributed by atoms with Crippen LogP contribution >= 0.6 is 0 Å². The molecule has 0 aliphatic heterocycles. The van der Waals surface area contributed by atoms with Gasteiger partial charge in [-0.1, -0.05) is 32.9 Å². The predicted molar refractivity (Wildman–Crippen MR) is 88.9 cm³/mol. The smallest absolute Gasteiger partial charge is 0.118 e. The van der Waals surface area contributed by atoms with Gasteiger partial charge in [0.1, 0.15) is 5.75 Å². The van der Waals surface area contributed by atoms with Crippen molar-refractivity contribution in [2.45, 2.75) is 52.7 Å². The SMILES string of the molecule is CCNC(c1ccc(OC)cc1)C(C)OCCCC(C)C. The fourth-order valence-corrected chi connectivity index (χ4v) is 2.44. The third-order valence-electron chi connectivity index (χ3n) is 3.67. The van der Waals surface area contributed by atoms with E-state index in [1.807, 2.05) is 12.1 Å². The van der Waals surface area contributed by atoms with Gasteiger partial charge in [-0.25, -0.2) is 0 Å². The highest BCUT2D eigenvalue weighted by molar-refractivity contribution is 5.29. The second-order valence-corrected chi connectivity index (χ2v) is 5.92. The highest BCUT2D eigenvalue weighted by atomic mass is 16.5. The zero-order chi connectivity index (χ0) is 15.7. The van der Waals surface area contributed by atoms with Crippen LogP contribution in [0.4, 0.5) is 0 Å². The van der Waals surface area contributed by atoms with Crippen molar-refractivity contribution < 1.29 is 9.47 Å². The minimum atomic E-state index is 0.158. The molecular weight excluding hydrogens is 262 g/mol. The molecule has 2 unspecified atom stereocenters. The highest BCUT2D eigenvalue weighted by Crippen LogP contribution is 2.22. The van der Waals surface area contributed by atoms with Gasteiger partial charge in [0.2, 0.25) is 0 Å². The molecule has 0 bridgehead atoms. The van der Waals surface area contributed by atoms with Gasteiger partial charge in [0.15, 0.2) is 0 Å². The maximum Gasteiger partial charge on any atom is 0.118 e. The zero-order valence-corrected chi connectivity index (χ0v) is 14.2. The fourth-order valence-electron chi connectivity index (χ4n) is 2.44. The Bertz CT molecular complexity index is 375. The summed E-state index contributed by atoms with van der Waals surface area (Å²) in [5.74, 6) is 1.63. The van der Waals surface area contributed by atoms with Gasteiger partial charge < -0.3 is 14.8 Å². The van der Waals surface area contributed by atoms with E-state index in [1.54, 1.807) is 7.11 Å². The summed E-state index contributed by atoms with van der Waals surface area (Å²) in [7, 11) is 1.69. The van der Waals surface area contributed by atoms with Gasteiger partial charge >= 0.3 is 0 Å². The Labute approximate surface area is 130 Å². The lowest BCUT2D eigenvalue weighted by Crippen LogP contribution is -2.32. The summed E-state index contributed by atoms with van der Waals surface area (Å²) in [4.78, 5) is 0. The molecule has 0 saturated carbocycles. The fraction of sp³-hybridized carbons (Fsp3) is 0.667. The van der Waals surface area contributed by atoms with Gasteiger partial charge in [-0.15, -0.1) is 0 Å². The monoisotopic (exact) mass is 293 g/mol. The molecule has 2 atom stereocenters. The topological polar surface area (TPSA) is 30.5 Å². The third kappa shape index (κ3) is 6.49. The molecule has 1 aromatic carbocycles. The van der Waals surface area contributed by atoms with Crippen LogP contribution in [0.3, 0.4) is 0 Å². The van der Waals surface area contributed by atoms with Gasteiger partial charge in [0.05, 0.1) is 19.3 Å². The maximum absolute atomic E-state index is 6.02. The summed E-state index contributed by atoms with van der Waals surface area (Å²) in [6.45, 7) is 10.5. The van der Waals surface area contributed by atoms with Crippen LogP contribution < -0.4 is 10.1 Å². The van der Waals surface area contributed by atoms with Gasteiger partial charge in [-0.3, -0.25) is 0 Å². The first-order valence-electron chi connectivity index (χ1n) is 8.07. The van der Waals surface area contributed by atoms with Crippen molar-refractivity contribution in [3.05, 3.63) is 29.8 Å². The van der Waals surface area contributed by atoms with E-state index in [4.69, 9.17) is 9.47 Å².